The van der Waals surface area contributed by atoms with Gasteiger partial charge in [-0.3, -0.25) is 9.59 Å². The number of rotatable bonds is 5. The van der Waals surface area contributed by atoms with Crippen LogP contribution in [0.15, 0.2) is 66.7 Å². The minimum Gasteiger partial charge on any atom is -0.465 e. The standard InChI is InChI=1S/C22H20O3/c1-3-25-22(24)20(21(23)17-10-8-15(2)9-11-17)19-13-12-16-6-4-5-7-18(16)14-19/h4-14,20H,3H2,1-2H3. The lowest BCUT2D eigenvalue weighted by Crippen LogP contribution is -2.24. The maximum atomic E-state index is 13.0. The summed E-state index contributed by atoms with van der Waals surface area (Å²) in [5.41, 5.74) is 2.23. The van der Waals surface area contributed by atoms with Gasteiger partial charge in [0.05, 0.1) is 6.61 Å². The largest absolute Gasteiger partial charge is 0.465 e. The number of fused-ring (bicyclic) bond motifs is 1. The van der Waals surface area contributed by atoms with Crippen molar-refractivity contribution in [3.63, 3.8) is 0 Å². The number of esters is 1. The summed E-state index contributed by atoms with van der Waals surface area (Å²) < 4.78 is 5.18. The fourth-order valence-electron chi connectivity index (χ4n) is 2.89. The number of ketones is 1. The van der Waals surface area contributed by atoms with Gasteiger partial charge in [-0.25, -0.2) is 0 Å². The van der Waals surface area contributed by atoms with E-state index in [4.69, 9.17) is 4.74 Å². The van der Waals surface area contributed by atoms with E-state index in [-0.39, 0.29) is 12.4 Å². The van der Waals surface area contributed by atoms with Gasteiger partial charge in [-0.05, 0) is 36.2 Å². The van der Waals surface area contributed by atoms with Crippen LogP contribution < -0.4 is 0 Å². The molecule has 0 aliphatic carbocycles. The first kappa shape index (κ1) is 16.9. The van der Waals surface area contributed by atoms with E-state index in [0.717, 1.165) is 16.3 Å². The fourth-order valence-corrected chi connectivity index (χ4v) is 2.89. The molecule has 1 unspecified atom stereocenters. The van der Waals surface area contributed by atoms with Crippen LogP contribution in [0.3, 0.4) is 0 Å². The molecule has 0 heterocycles. The molecule has 0 fully saturated rings. The maximum absolute atomic E-state index is 13.0. The molecule has 0 bridgehead atoms. The molecule has 25 heavy (non-hydrogen) atoms. The molecular weight excluding hydrogens is 312 g/mol. The molecule has 0 aliphatic rings. The second-order valence-electron chi connectivity index (χ2n) is 6.02. The molecule has 0 N–H and O–H groups in total. The van der Waals surface area contributed by atoms with E-state index in [2.05, 4.69) is 0 Å². The highest BCUT2D eigenvalue weighted by Gasteiger charge is 2.30. The smallest absolute Gasteiger partial charge is 0.321 e. The Morgan fingerprint density at radius 1 is 0.920 bits per heavy atom. The lowest BCUT2D eigenvalue weighted by atomic mass is 9.89. The van der Waals surface area contributed by atoms with Crippen molar-refractivity contribution in [1.29, 1.82) is 0 Å². The van der Waals surface area contributed by atoms with E-state index < -0.39 is 11.9 Å². The first-order valence-corrected chi connectivity index (χ1v) is 8.36. The second kappa shape index (κ2) is 7.31. The molecule has 0 spiro atoms. The summed E-state index contributed by atoms with van der Waals surface area (Å²) in [5, 5.41) is 2.06. The first-order valence-electron chi connectivity index (χ1n) is 8.36. The van der Waals surface area contributed by atoms with Crippen molar-refractivity contribution >= 4 is 22.5 Å². The summed E-state index contributed by atoms with van der Waals surface area (Å²) in [6.07, 6.45) is 0. The van der Waals surface area contributed by atoms with Crippen molar-refractivity contribution in [2.75, 3.05) is 6.61 Å². The molecule has 3 heteroatoms. The van der Waals surface area contributed by atoms with Crippen LogP contribution in [0.2, 0.25) is 0 Å². The third-order valence-electron chi connectivity index (χ3n) is 4.23. The lowest BCUT2D eigenvalue weighted by Gasteiger charge is -2.16. The van der Waals surface area contributed by atoms with Crippen LogP contribution in [0, 0.1) is 6.92 Å². The minimum atomic E-state index is -0.952. The van der Waals surface area contributed by atoms with Crippen LogP contribution in [-0.2, 0) is 9.53 Å². The molecular formula is C22H20O3. The summed E-state index contributed by atoms with van der Waals surface area (Å²) in [5.74, 6) is -1.70. The van der Waals surface area contributed by atoms with Gasteiger partial charge in [0.2, 0.25) is 0 Å². The predicted molar refractivity (Wildman–Crippen MR) is 98.8 cm³/mol. The van der Waals surface area contributed by atoms with E-state index in [1.54, 1.807) is 19.1 Å². The molecule has 0 aromatic heterocycles. The topological polar surface area (TPSA) is 43.4 Å². The number of aryl methyl sites for hydroxylation is 1. The van der Waals surface area contributed by atoms with Gasteiger partial charge in [-0.1, -0.05) is 66.2 Å². The zero-order chi connectivity index (χ0) is 17.8. The van der Waals surface area contributed by atoms with Gasteiger partial charge in [0.1, 0.15) is 5.92 Å². The minimum absolute atomic E-state index is 0.240. The molecule has 1 atom stereocenters. The average Bonchev–Trinajstić information content (AvgIpc) is 2.62. The zero-order valence-electron chi connectivity index (χ0n) is 14.4. The van der Waals surface area contributed by atoms with Crippen molar-refractivity contribution in [3.05, 3.63) is 83.4 Å². The number of carbonyl (C=O) groups is 2. The summed E-state index contributed by atoms with van der Waals surface area (Å²) in [4.78, 5) is 25.5. The summed E-state index contributed by atoms with van der Waals surface area (Å²) in [6, 6.07) is 20.8. The van der Waals surface area contributed by atoms with Crippen LogP contribution in [0.1, 0.15) is 34.3 Å². The van der Waals surface area contributed by atoms with Crippen molar-refractivity contribution in [2.45, 2.75) is 19.8 Å². The van der Waals surface area contributed by atoms with Gasteiger partial charge in [0.15, 0.2) is 5.78 Å². The van der Waals surface area contributed by atoms with E-state index in [1.807, 2.05) is 61.5 Å². The highest BCUT2D eigenvalue weighted by molar-refractivity contribution is 6.13. The van der Waals surface area contributed by atoms with Crippen LogP contribution in [0.4, 0.5) is 0 Å². The SMILES string of the molecule is CCOC(=O)C(C(=O)c1ccc(C)cc1)c1ccc2ccccc2c1. The number of Topliss-reactive ketones (excluding diaryl/α,β-unsaturated/α-hetero) is 1. The van der Waals surface area contributed by atoms with Crippen LogP contribution in [-0.4, -0.2) is 18.4 Å². The van der Waals surface area contributed by atoms with Gasteiger partial charge in [-0.15, -0.1) is 0 Å². The fraction of sp³-hybridized carbons (Fsp3) is 0.182. The molecule has 0 amide bonds. The summed E-state index contributed by atoms with van der Waals surface area (Å²) in [6.45, 7) is 3.94. The number of ether oxygens (including phenoxy) is 1. The van der Waals surface area contributed by atoms with Crippen LogP contribution >= 0.6 is 0 Å². The van der Waals surface area contributed by atoms with Gasteiger partial charge >= 0.3 is 5.97 Å². The van der Waals surface area contributed by atoms with Gasteiger partial charge in [0.25, 0.3) is 0 Å². The third-order valence-corrected chi connectivity index (χ3v) is 4.23. The average molecular weight is 332 g/mol. The maximum Gasteiger partial charge on any atom is 0.321 e. The van der Waals surface area contributed by atoms with Crippen molar-refractivity contribution in [2.24, 2.45) is 0 Å². The van der Waals surface area contributed by atoms with Crippen molar-refractivity contribution < 1.29 is 14.3 Å². The van der Waals surface area contributed by atoms with E-state index in [0.29, 0.717) is 11.1 Å². The van der Waals surface area contributed by atoms with Crippen molar-refractivity contribution in [1.82, 2.24) is 0 Å². The van der Waals surface area contributed by atoms with Gasteiger partial charge in [-0.2, -0.15) is 0 Å². The Kier molecular flexibility index (Phi) is 4.94. The Balaban J connectivity index is 2.05. The van der Waals surface area contributed by atoms with E-state index in [9.17, 15) is 9.59 Å². The molecule has 126 valence electrons. The Morgan fingerprint density at radius 3 is 2.28 bits per heavy atom. The molecule has 0 radical (unpaired) electrons. The van der Waals surface area contributed by atoms with Crippen LogP contribution in [0.5, 0.6) is 0 Å². The molecule has 0 saturated carbocycles. The Morgan fingerprint density at radius 2 is 1.60 bits per heavy atom. The quantitative estimate of drug-likeness (QED) is 0.387. The molecule has 3 aromatic carbocycles. The van der Waals surface area contributed by atoms with E-state index >= 15 is 0 Å². The van der Waals surface area contributed by atoms with Crippen molar-refractivity contribution in [3.8, 4) is 0 Å². The monoisotopic (exact) mass is 332 g/mol. The third kappa shape index (κ3) is 3.61. The normalized spacial score (nSPS) is 11.9. The van der Waals surface area contributed by atoms with Gasteiger partial charge < -0.3 is 4.74 Å². The zero-order valence-corrected chi connectivity index (χ0v) is 14.4. The lowest BCUT2D eigenvalue weighted by molar-refractivity contribution is -0.143. The predicted octanol–water partition coefficient (Wildman–Crippen LogP) is 4.68. The Hall–Kier alpha value is -2.94. The molecule has 0 aliphatic heterocycles. The highest BCUT2D eigenvalue weighted by atomic mass is 16.5. The van der Waals surface area contributed by atoms with Gasteiger partial charge in [0, 0.05) is 5.56 Å². The summed E-state index contributed by atoms with van der Waals surface area (Å²) >= 11 is 0. The number of benzene rings is 3. The number of carbonyl (C=O) groups excluding carboxylic acids is 2. The Labute approximate surface area is 147 Å². The molecule has 0 saturated heterocycles. The number of hydrogen-bond donors (Lipinski definition) is 0. The molecule has 3 rings (SSSR count). The Bertz CT molecular complexity index is 910. The second-order valence-corrected chi connectivity index (χ2v) is 6.02. The van der Waals surface area contributed by atoms with Crippen LogP contribution in [0.25, 0.3) is 10.8 Å². The van der Waals surface area contributed by atoms with E-state index in [1.165, 1.54) is 0 Å². The summed E-state index contributed by atoms with van der Waals surface area (Å²) in [7, 11) is 0. The number of hydrogen-bond acceptors (Lipinski definition) is 3. The molecule has 3 nitrogen and oxygen atoms in total. The molecule has 3 aromatic rings. The highest BCUT2D eigenvalue weighted by Crippen LogP contribution is 2.26. The first-order chi connectivity index (χ1) is 12.1.